The molecule has 0 aliphatic carbocycles. The zero-order valence-electron chi connectivity index (χ0n) is 11.1. The Morgan fingerprint density at radius 2 is 2.35 bits per heavy atom. The van der Waals surface area contributed by atoms with Crippen LogP contribution >= 0.6 is 27.3 Å². The minimum Gasteiger partial charge on any atom is -0.383 e. The highest BCUT2D eigenvalue weighted by atomic mass is 79.9. The van der Waals surface area contributed by atoms with Gasteiger partial charge >= 0.3 is 0 Å². The smallest absolute Gasteiger partial charge is 0.255 e. The first-order valence-corrected chi connectivity index (χ1v) is 7.80. The summed E-state index contributed by atoms with van der Waals surface area (Å²) < 4.78 is 6.03. The fourth-order valence-electron chi connectivity index (χ4n) is 1.75. The lowest BCUT2D eigenvalue weighted by molar-refractivity contribution is 0.0678. The number of halogens is 1. The number of rotatable bonds is 6. The van der Waals surface area contributed by atoms with Crippen LogP contribution in [-0.2, 0) is 11.3 Å². The van der Waals surface area contributed by atoms with Crippen molar-refractivity contribution in [3.63, 3.8) is 0 Å². The van der Waals surface area contributed by atoms with Crippen LogP contribution in [0.15, 0.2) is 39.6 Å². The summed E-state index contributed by atoms with van der Waals surface area (Å²) in [5.41, 5.74) is 1.56. The molecular weight excluding hydrogens is 340 g/mol. The van der Waals surface area contributed by atoms with Gasteiger partial charge in [0.2, 0.25) is 0 Å². The van der Waals surface area contributed by atoms with Crippen molar-refractivity contribution in [1.29, 1.82) is 0 Å². The number of carbonyl (C=O) groups is 1. The van der Waals surface area contributed by atoms with Crippen molar-refractivity contribution in [2.24, 2.45) is 0 Å². The Kier molecular flexibility index (Phi) is 5.70. The van der Waals surface area contributed by atoms with Gasteiger partial charge in [0.05, 0.1) is 28.2 Å². The SMILES string of the molecule is COCCN(Cc1ccccn1)C(=O)c1csc(Br)c1. The highest BCUT2D eigenvalue weighted by Gasteiger charge is 2.17. The largest absolute Gasteiger partial charge is 0.383 e. The average Bonchev–Trinajstić information content (AvgIpc) is 2.90. The Morgan fingerprint density at radius 3 is 2.95 bits per heavy atom. The first-order valence-electron chi connectivity index (χ1n) is 6.13. The maximum absolute atomic E-state index is 12.5. The van der Waals surface area contributed by atoms with E-state index in [4.69, 9.17) is 4.74 Å². The monoisotopic (exact) mass is 354 g/mol. The number of thiophene rings is 1. The normalized spacial score (nSPS) is 10.5. The first kappa shape index (κ1) is 15.2. The van der Waals surface area contributed by atoms with Crippen LogP contribution in [0.25, 0.3) is 0 Å². The van der Waals surface area contributed by atoms with Crippen molar-refractivity contribution < 1.29 is 9.53 Å². The number of pyridine rings is 1. The number of ether oxygens (including phenoxy) is 1. The molecule has 0 unspecified atom stereocenters. The van der Waals surface area contributed by atoms with E-state index in [1.54, 1.807) is 18.2 Å². The van der Waals surface area contributed by atoms with Crippen molar-refractivity contribution in [1.82, 2.24) is 9.88 Å². The fraction of sp³-hybridized carbons (Fsp3) is 0.286. The van der Waals surface area contributed by atoms with E-state index in [9.17, 15) is 4.79 Å². The third kappa shape index (κ3) is 4.13. The van der Waals surface area contributed by atoms with Crippen molar-refractivity contribution >= 4 is 33.2 Å². The van der Waals surface area contributed by atoms with E-state index >= 15 is 0 Å². The molecule has 6 heteroatoms. The fourth-order valence-corrected chi connectivity index (χ4v) is 2.88. The van der Waals surface area contributed by atoms with Crippen molar-refractivity contribution in [2.75, 3.05) is 20.3 Å². The van der Waals surface area contributed by atoms with Crippen LogP contribution in [0.2, 0.25) is 0 Å². The molecule has 0 spiro atoms. The van der Waals surface area contributed by atoms with Crippen LogP contribution in [0.3, 0.4) is 0 Å². The van der Waals surface area contributed by atoms with Gasteiger partial charge in [-0.25, -0.2) is 0 Å². The molecule has 0 saturated heterocycles. The molecule has 2 heterocycles. The molecule has 0 fully saturated rings. The predicted octanol–water partition coefficient (Wildman–Crippen LogP) is 3.19. The second-order valence-electron chi connectivity index (χ2n) is 4.18. The van der Waals surface area contributed by atoms with E-state index in [1.807, 2.05) is 29.6 Å². The number of amides is 1. The number of aromatic nitrogens is 1. The third-order valence-electron chi connectivity index (χ3n) is 2.75. The van der Waals surface area contributed by atoms with Gasteiger partial charge in [0.1, 0.15) is 0 Å². The van der Waals surface area contributed by atoms with E-state index < -0.39 is 0 Å². The topological polar surface area (TPSA) is 42.4 Å². The van der Waals surface area contributed by atoms with E-state index in [-0.39, 0.29) is 5.91 Å². The summed E-state index contributed by atoms with van der Waals surface area (Å²) in [5.74, 6) is -0.00495. The summed E-state index contributed by atoms with van der Waals surface area (Å²) in [6, 6.07) is 7.53. The van der Waals surface area contributed by atoms with Gasteiger partial charge in [-0.1, -0.05) is 6.07 Å². The Labute approximate surface area is 130 Å². The Balaban J connectivity index is 2.12. The zero-order chi connectivity index (χ0) is 14.4. The predicted molar refractivity (Wildman–Crippen MR) is 82.9 cm³/mol. The van der Waals surface area contributed by atoms with Crippen LogP contribution in [0.4, 0.5) is 0 Å². The Bertz CT molecular complexity index is 559. The molecule has 0 aliphatic rings. The van der Waals surface area contributed by atoms with Crippen LogP contribution in [-0.4, -0.2) is 36.1 Å². The number of carbonyl (C=O) groups excluding carboxylic acids is 1. The van der Waals surface area contributed by atoms with E-state index in [0.717, 1.165) is 9.48 Å². The second kappa shape index (κ2) is 7.52. The minimum atomic E-state index is -0.00495. The number of nitrogens with zero attached hydrogens (tertiary/aromatic N) is 2. The Hall–Kier alpha value is -1.24. The molecule has 20 heavy (non-hydrogen) atoms. The van der Waals surface area contributed by atoms with Gasteiger partial charge in [0.15, 0.2) is 0 Å². The van der Waals surface area contributed by atoms with Gasteiger partial charge in [-0.3, -0.25) is 9.78 Å². The van der Waals surface area contributed by atoms with Gasteiger partial charge in [-0.15, -0.1) is 11.3 Å². The lowest BCUT2D eigenvalue weighted by atomic mass is 10.2. The van der Waals surface area contributed by atoms with Gasteiger partial charge in [0.25, 0.3) is 5.91 Å². The van der Waals surface area contributed by atoms with E-state index in [0.29, 0.717) is 25.3 Å². The molecular formula is C14H15BrN2O2S. The molecule has 4 nitrogen and oxygen atoms in total. The average molecular weight is 355 g/mol. The van der Waals surface area contributed by atoms with Crippen LogP contribution in [0.1, 0.15) is 16.1 Å². The molecule has 0 aliphatic heterocycles. The van der Waals surface area contributed by atoms with Gasteiger partial charge < -0.3 is 9.64 Å². The molecule has 2 aromatic rings. The molecule has 106 valence electrons. The standard InChI is InChI=1S/C14H15BrN2O2S/c1-19-7-6-17(9-12-4-2-3-5-16-12)14(18)11-8-13(15)20-10-11/h2-5,8,10H,6-7,9H2,1H3. The summed E-state index contributed by atoms with van der Waals surface area (Å²) in [4.78, 5) is 18.5. The molecule has 0 aromatic carbocycles. The molecule has 2 rings (SSSR count). The number of hydrogen-bond acceptors (Lipinski definition) is 4. The lowest BCUT2D eigenvalue weighted by Gasteiger charge is -2.21. The first-order chi connectivity index (χ1) is 9.70. The molecule has 0 saturated carbocycles. The molecule has 2 aromatic heterocycles. The minimum absolute atomic E-state index is 0.00495. The van der Waals surface area contributed by atoms with Gasteiger partial charge in [-0.2, -0.15) is 0 Å². The van der Waals surface area contributed by atoms with Crippen LogP contribution < -0.4 is 0 Å². The van der Waals surface area contributed by atoms with Crippen molar-refractivity contribution in [3.8, 4) is 0 Å². The molecule has 0 radical (unpaired) electrons. The Morgan fingerprint density at radius 1 is 1.50 bits per heavy atom. The van der Waals surface area contributed by atoms with Crippen LogP contribution in [0, 0.1) is 0 Å². The summed E-state index contributed by atoms with van der Waals surface area (Å²) in [6.45, 7) is 1.53. The maximum atomic E-state index is 12.5. The van der Waals surface area contributed by atoms with Crippen molar-refractivity contribution in [3.05, 3.63) is 50.9 Å². The molecule has 0 bridgehead atoms. The molecule has 0 N–H and O–H groups in total. The van der Waals surface area contributed by atoms with Crippen molar-refractivity contribution in [2.45, 2.75) is 6.54 Å². The quantitative estimate of drug-likeness (QED) is 0.799. The van der Waals surface area contributed by atoms with E-state index in [2.05, 4.69) is 20.9 Å². The summed E-state index contributed by atoms with van der Waals surface area (Å²) in [6.07, 6.45) is 1.73. The van der Waals surface area contributed by atoms with Crippen LogP contribution in [0.5, 0.6) is 0 Å². The maximum Gasteiger partial charge on any atom is 0.255 e. The highest BCUT2D eigenvalue weighted by molar-refractivity contribution is 9.11. The zero-order valence-corrected chi connectivity index (χ0v) is 13.5. The molecule has 0 atom stereocenters. The van der Waals surface area contributed by atoms with Gasteiger partial charge in [0, 0.05) is 25.2 Å². The molecule has 1 amide bonds. The van der Waals surface area contributed by atoms with Gasteiger partial charge in [-0.05, 0) is 34.1 Å². The second-order valence-corrected chi connectivity index (χ2v) is 6.47. The highest BCUT2D eigenvalue weighted by Crippen LogP contribution is 2.22. The third-order valence-corrected chi connectivity index (χ3v) is 4.25. The summed E-state index contributed by atoms with van der Waals surface area (Å²) in [7, 11) is 1.63. The number of hydrogen-bond donors (Lipinski definition) is 0. The van der Waals surface area contributed by atoms with E-state index in [1.165, 1.54) is 11.3 Å². The number of methoxy groups -OCH3 is 1. The summed E-state index contributed by atoms with van der Waals surface area (Å²) in [5, 5.41) is 1.85. The summed E-state index contributed by atoms with van der Waals surface area (Å²) >= 11 is 4.88. The lowest BCUT2D eigenvalue weighted by Crippen LogP contribution is -2.33.